The third-order valence-electron chi connectivity index (χ3n) is 4.45. The first-order chi connectivity index (χ1) is 8.79. The summed E-state index contributed by atoms with van der Waals surface area (Å²) >= 11 is 0. The number of benzene rings is 1. The van der Waals surface area contributed by atoms with Crippen molar-refractivity contribution in [3.8, 4) is 0 Å². The molecule has 18 heavy (non-hydrogen) atoms. The van der Waals surface area contributed by atoms with Crippen molar-refractivity contribution >= 4 is 5.69 Å². The monoisotopic (exact) mass is 245 g/mol. The van der Waals surface area contributed by atoms with E-state index >= 15 is 0 Å². The van der Waals surface area contributed by atoms with Crippen LogP contribution in [-0.4, -0.2) is 38.1 Å². The zero-order chi connectivity index (χ0) is 12.5. The van der Waals surface area contributed by atoms with Gasteiger partial charge in [0.2, 0.25) is 0 Å². The molecule has 0 saturated carbocycles. The number of anilines is 1. The fourth-order valence-corrected chi connectivity index (χ4v) is 3.30. The number of fused-ring (bicyclic) bond motifs is 1. The zero-order valence-corrected chi connectivity index (χ0v) is 11.2. The van der Waals surface area contributed by atoms with Crippen molar-refractivity contribution in [1.29, 1.82) is 0 Å². The van der Waals surface area contributed by atoms with E-state index in [9.17, 15) is 0 Å². The first kappa shape index (κ1) is 12.0. The largest absolute Gasteiger partial charge is 0.372 e. The standard InChI is InChI=1S/C15H23N3/c1-17-9-6-12-10-13(18-7-2-3-8-18)4-5-14(12)15(17)11-16/h4-5,10,15H,2-3,6-9,11,16H2,1H3. The highest BCUT2D eigenvalue weighted by atomic mass is 15.2. The molecular formula is C15H23N3. The maximum atomic E-state index is 5.92. The zero-order valence-electron chi connectivity index (χ0n) is 11.2. The van der Waals surface area contributed by atoms with Gasteiger partial charge < -0.3 is 10.6 Å². The first-order valence-electron chi connectivity index (χ1n) is 7.07. The van der Waals surface area contributed by atoms with E-state index in [-0.39, 0.29) is 0 Å². The van der Waals surface area contributed by atoms with Gasteiger partial charge in [-0.1, -0.05) is 6.07 Å². The molecule has 2 aliphatic heterocycles. The molecule has 1 atom stereocenters. The van der Waals surface area contributed by atoms with E-state index in [2.05, 4.69) is 35.0 Å². The molecule has 1 unspecified atom stereocenters. The molecule has 0 aromatic heterocycles. The molecule has 1 fully saturated rings. The molecule has 0 aliphatic carbocycles. The van der Waals surface area contributed by atoms with Crippen molar-refractivity contribution in [2.75, 3.05) is 38.1 Å². The molecule has 2 heterocycles. The lowest BCUT2D eigenvalue weighted by atomic mass is 9.92. The predicted molar refractivity (Wildman–Crippen MR) is 76.0 cm³/mol. The van der Waals surface area contributed by atoms with Gasteiger partial charge in [0.05, 0.1) is 0 Å². The van der Waals surface area contributed by atoms with E-state index < -0.39 is 0 Å². The maximum absolute atomic E-state index is 5.92. The van der Waals surface area contributed by atoms with Gasteiger partial charge in [-0.25, -0.2) is 0 Å². The van der Waals surface area contributed by atoms with Crippen LogP contribution >= 0.6 is 0 Å². The normalized spacial score (nSPS) is 24.3. The molecule has 2 aliphatic rings. The number of nitrogens with two attached hydrogens (primary N) is 1. The lowest BCUT2D eigenvalue weighted by Crippen LogP contribution is -2.36. The van der Waals surface area contributed by atoms with Crippen molar-refractivity contribution in [3.63, 3.8) is 0 Å². The topological polar surface area (TPSA) is 32.5 Å². The average molecular weight is 245 g/mol. The Hall–Kier alpha value is -1.06. The van der Waals surface area contributed by atoms with E-state index in [1.807, 2.05) is 0 Å². The van der Waals surface area contributed by atoms with Crippen LogP contribution in [0.15, 0.2) is 18.2 Å². The number of likely N-dealkylation sites (N-methyl/N-ethyl adjacent to an activating group) is 1. The van der Waals surface area contributed by atoms with Crippen molar-refractivity contribution < 1.29 is 0 Å². The molecule has 2 N–H and O–H groups in total. The smallest absolute Gasteiger partial charge is 0.0470 e. The summed E-state index contributed by atoms with van der Waals surface area (Å²) in [6.45, 7) is 4.28. The van der Waals surface area contributed by atoms with Gasteiger partial charge in [0.15, 0.2) is 0 Å². The summed E-state index contributed by atoms with van der Waals surface area (Å²) in [5, 5.41) is 0. The van der Waals surface area contributed by atoms with Crippen LogP contribution in [-0.2, 0) is 6.42 Å². The predicted octanol–water partition coefficient (Wildman–Crippen LogP) is 1.77. The van der Waals surface area contributed by atoms with Crippen LogP contribution in [0.1, 0.15) is 30.0 Å². The Bertz CT molecular complexity index is 424. The molecule has 98 valence electrons. The van der Waals surface area contributed by atoms with Crippen LogP contribution in [0.25, 0.3) is 0 Å². The summed E-state index contributed by atoms with van der Waals surface area (Å²) in [7, 11) is 2.18. The number of rotatable bonds is 2. The quantitative estimate of drug-likeness (QED) is 0.862. The minimum Gasteiger partial charge on any atom is -0.372 e. The van der Waals surface area contributed by atoms with E-state index in [0.717, 1.165) is 13.0 Å². The van der Waals surface area contributed by atoms with Crippen molar-refractivity contribution in [2.24, 2.45) is 5.73 Å². The second-order valence-corrected chi connectivity index (χ2v) is 5.56. The van der Waals surface area contributed by atoms with Gasteiger partial charge in [0.25, 0.3) is 0 Å². The third kappa shape index (κ3) is 2.02. The van der Waals surface area contributed by atoms with Crippen LogP contribution in [0, 0.1) is 0 Å². The minimum absolute atomic E-state index is 0.404. The second kappa shape index (κ2) is 4.90. The molecule has 1 aromatic rings. The Morgan fingerprint density at radius 1 is 1.22 bits per heavy atom. The van der Waals surface area contributed by atoms with Gasteiger partial charge in [0, 0.05) is 37.9 Å². The molecular weight excluding hydrogens is 222 g/mol. The van der Waals surface area contributed by atoms with Crippen LogP contribution in [0.2, 0.25) is 0 Å². The summed E-state index contributed by atoms with van der Waals surface area (Å²) in [5.41, 5.74) is 10.3. The summed E-state index contributed by atoms with van der Waals surface area (Å²) in [4.78, 5) is 4.88. The molecule has 3 heteroatoms. The molecule has 1 saturated heterocycles. The van der Waals surface area contributed by atoms with E-state index in [1.165, 1.54) is 42.7 Å². The van der Waals surface area contributed by atoms with Crippen molar-refractivity contribution in [2.45, 2.75) is 25.3 Å². The molecule has 3 rings (SSSR count). The van der Waals surface area contributed by atoms with Crippen LogP contribution in [0.3, 0.4) is 0 Å². The highest BCUT2D eigenvalue weighted by Gasteiger charge is 2.24. The molecule has 0 bridgehead atoms. The first-order valence-corrected chi connectivity index (χ1v) is 7.07. The van der Waals surface area contributed by atoms with E-state index in [4.69, 9.17) is 5.73 Å². The molecule has 0 radical (unpaired) electrons. The highest BCUT2D eigenvalue weighted by molar-refractivity contribution is 5.53. The Balaban J connectivity index is 1.91. The van der Waals surface area contributed by atoms with Gasteiger partial charge >= 0.3 is 0 Å². The highest BCUT2D eigenvalue weighted by Crippen LogP contribution is 2.31. The Morgan fingerprint density at radius 3 is 2.72 bits per heavy atom. The Morgan fingerprint density at radius 2 is 2.00 bits per heavy atom. The number of nitrogens with zero attached hydrogens (tertiary/aromatic N) is 2. The minimum atomic E-state index is 0.404. The lowest BCUT2D eigenvalue weighted by molar-refractivity contribution is 0.236. The fraction of sp³-hybridized carbons (Fsp3) is 0.600. The van der Waals surface area contributed by atoms with Crippen LogP contribution in [0.5, 0.6) is 0 Å². The molecule has 0 spiro atoms. The van der Waals surface area contributed by atoms with Gasteiger partial charge in [-0.05, 0) is 49.6 Å². The summed E-state index contributed by atoms with van der Waals surface area (Å²) in [6, 6.07) is 7.39. The van der Waals surface area contributed by atoms with Crippen molar-refractivity contribution in [3.05, 3.63) is 29.3 Å². The fourth-order valence-electron chi connectivity index (χ4n) is 3.30. The van der Waals surface area contributed by atoms with Gasteiger partial charge in [0.1, 0.15) is 0 Å². The summed E-state index contributed by atoms with van der Waals surface area (Å²) in [5.74, 6) is 0. The van der Waals surface area contributed by atoms with Gasteiger partial charge in [-0.3, -0.25) is 4.90 Å². The molecule has 0 amide bonds. The lowest BCUT2D eigenvalue weighted by Gasteiger charge is -2.34. The van der Waals surface area contributed by atoms with Crippen molar-refractivity contribution in [1.82, 2.24) is 4.90 Å². The molecule has 1 aromatic carbocycles. The van der Waals surface area contributed by atoms with Gasteiger partial charge in [-0.2, -0.15) is 0 Å². The Labute approximate surface area is 110 Å². The average Bonchev–Trinajstić information content (AvgIpc) is 2.92. The number of hydrogen-bond donors (Lipinski definition) is 1. The van der Waals surface area contributed by atoms with Gasteiger partial charge in [-0.15, -0.1) is 0 Å². The Kier molecular flexibility index (Phi) is 3.27. The maximum Gasteiger partial charge on any atom is 0.0470 e. The molecule has 3 nitrogen and oxygen atoms in total. The second-order valence-electron chi connectivity index (χ2n) is 5.56. The number of hydrogen-bond acceptors (Lipinski definition) is 3. The van der Waals surface area contributed by atoms with Crippen LogP contribution < -0.4 is 10.6 Å². The van der Waals surface area contributed by atoms with E-state index in [1.54, 1.807) is 0 Å². The summed E-state index contributed by atoms with van der Waals surface area (Å²) in [6.07, 6.45) is 3.83. The third-order valence-corrected chi connectivity index (χ3v) is 4.45. The SMILES string of the molecule is CN1CCc2cc(N3CCCC3)ccc2C1CN. The van der Waals surface area contributed by atoms with E-state index in [0.29, 0.717) is 12.6 Å². The summed E-state index contributed by atoms with van der Waals surface area (Å²) < 4.78 is 0. The van der Waals surface area contributed by atoms with Crippen LogP contribution in [0.4, 0.5) is 5.69 Å².